The second kappa shape index (κ2) is 9.66. The van der Waals surface area contributed by atoms with Crippen molar-refractivity contribution in [3.8, 4) is 0 Å². The van der Waals surface area contributed by atoms with Crippen LogP contribution in [0.5, 0.6) is 0 Å². The van der Waals surface area contributed by atoms with Gasteiger partial charge in [0.25, 0.3) is 0 Å². The van der Waals surface area contributed by atoms with E-state index in [-0.39, 0.29) is 12.5 Å². The molecule has 2 N–H and O–H groups in total. The number of nitrogens with zero attached hydrogens (tertiary/aromatic N) is 1. The molecule has 0 aliphatic carbocycles. The minimum Gasteiger partial charge on any atom is -0.480 e. The van der Waals surface area contributed by atoms with Gasteiger partial charge in [0.1, 0.15) is 18.7 Å². The first-order valence-electron chi connectivity index (χ1n) is 8.24. The molecule has 1 aromatic carbocycles. The van der Waals surface area contributed by atoms with Crippen molar-refractivity contribution < 1.29 is 24.2 Å². The number of ether oxygens (including phenoxy) is 1. The number of benzene rings is 1. The molecule has 0 saturated heterocycles. The zero-order valence-corrected chi connectivity index (χ0v) is 15.1. The van der Waals surface area contributed by atoms with E-state index in [1.807, 2.05) is 37.3 Å². The number of carboxylic acid groups (broad SMARTS) is 1. The van der Waals surface area contributed by atoms with E-state index in [2.05, 4.69) is 5.32 Å². The molecule has 0 aromatic heterocycles. The summed E-state index contributed by atoms with van der Waals surface area (Å²) in [6.07, 6.45) is -0.0393. The molecule has 2 amide bonds. The standard InChI is InChI=1S/C18H26N2O5/c1-5-12(2)15(17(22)23)19-16(21)13(3)20(4)18(24)25-11-14-9-7-6-8-10-14/h6-10,12-13,15H,5,11H2,1-4H3,(H,19,21)(H,22,23)/t12-,13-,15-/m0/s1. The van der Waals surface area contributed by atoms with Gasteiger partial charge < -0.3 is 15.2 Å². The monoisotopic (exact) mass is 350 g/mol. The van der Waals surface area contributed by atoms with Crippen molar-refractivity contribution in [3.05, 3.63) is 35.9 Å². The molecular weight excluding hydrogens is 324 g/mol. The van der Waals surface area contributed by atoms with Crippen molar-refractivity contribution in [3.63, 3.8) is 0 Å². The maximum absolute atomic E-state index is 12.3. The summed E-state index contributed by atoms with van der Waals surface area (Å²) < 4.78 is 5.17. The minimum absolute atomic E-state index is 0.100. The van der Waals surface area contributed by atoms with Gasteiger partial charge in [-0.1, -0.05) is 50.6 Å². The molecule has 0 aliphatic rings. The molecule has 0 aliphatic heterocycles. The van der Waals surface area contributed by atoms with E-state index in [9.17, 15) is 19.5 Å². The predicted molar refractivity (Wildman–Crippen MR) is 92.9 cm³/mol. The molecule has 138 valence electrons. The molecule has 3 atom stereocenters. The Morgan fingerprint density at radius 3 is 2.32 bits per heavy atom. The largest absolute Gasteiger partial charge is 0.480 e. The van der Waals surface area contributed by atoms with E-state index in [1.165, 1.54) is 14.0 Å². The lowest BCUT2D eigenvalue weighted by molar-refractivity contribution is -0.144. The summed E-state index contributed by atoms with van der Waals surface area (Å²) in [5.41, 5.74) is 0.837. The molecule has 0 heterocycles. The molecule has 0 radical (unpaired) electrons. The quantitative estimate of drug-likeness (QED) is 0.750. The Balaban J connectivity index is 2.60. The average molecular weight is 350 g/mol. The summed E-state index contributed by atoms with van der Waals surface area (Å²) in [7, 11) is 1.44. The molecule has 0 bridgehead atoms. The maximum Gasteiger partial charge on any atom is 0.410 e. The molecular formula is C18H26N2O5. The summed E-state index contributed by atoms with van der Waals surface area (Å²) in [5.74, 6) is -1.85. The zero-order valence-electron chi connectivity index (χ0n) is 15.1. The summed E-state index contributed by atoms with van der Waals surface area (Å²) in [6.45, 7) is 5.22. The van der Waals surface area contributed by atoms with Gasteiger partial charge in [0.05, 0.1) is 0 Å². The number of rotatable bonds is 8. The van der Waals surface area contributed by atoms with Gasteiger partial charge in [-0.15, -0.1) is 0 Å². The topological polar surface area (TPSA) is 95.9 Å². The van der Waals surface area contributed by atoms with Gasteiger partial charge in [-0.3, -0.25) is 9.69 Å². The van der Waals surface area contributed by atoms with E-state index in [1.54, 1.807) is 6.92 Å². The van der Waals surface area contributed by atoms with E-state index in [0.717, 1.165) is 10.5 Å². The average Bonchev–Trinajstić information content (AvgIpc) is 2.62. The summed E-state index contributed by atoms with van der Waals surface area (Å²) >= 11 is 0. The fraction of sp³-hybridized carbons (Fsp3) is 0.500. The van der Waals surface area contributed by atoms with Crippen molar-refractivity contribution in [2.75, 3.05) is 7.05 Å². The van der Waals surface area contributed by atoms with Crippen LogP contribution in [0.4, 0.5) is 4.79 Å². The SMILES string of the molecule is CC[C@H](C)[C@H](NC(=O)[C@H](C)N(C)C(=O)OCc1ccccc1)C(=O)O. The third-order valence-corrected chi connectivity index (χ3v) is 4.23. The van der Waals surface area contributed by atoms with Crippen LogP contribution in [-0.4, -0.2) is 47.1 Å². The fourth-order valence-electron chi connectivity index (χ4n) is 2.11. The number of amides is 2. The first-order valence-corrected chi connectivity index (χ1v) is 8.24. The summed E-state index contributed by atoms with van der Waals surface area (Å²) in [4.78, 5) is 36.8. The number of aliphatic carboxylic acids is 1. The van der Waals surface area contributed by atoms with E-state index in [0.29, 0.717) is 6.42 Å². The summed E-state index contributed by atoms with van der Waals surface area (Å²) in [5, 5.41) is 11.7. The van der Waals surface area contributed by atoms with Crippen molar-refractivity contribution in [2.45, 2.75) is 45.9 Å². The molecule has 0 fully saturated rings. The lowest BCUT2D eigenvalue weighted by Crippen LogP contribution is -2.52. The summed E-state index contributed by atoms with van der Waals surface area (Å²) in [6, 6.07) is 7.34. The van der Waals surface area contributed by atoms with Crippen molar-refractivity contribution in [2.24, 2.45) is 5.92 Å². The van der Waals surface area contributed by atoms with Gasteiger partial charge in [-0.05, 0) is 18.4 Å². The van der Waals surface area contributed by atoms with Crippen LogP contribution in [0.15, 0.2) is 30.3 Å². The Morgan fingerprint density at radius 1 is 1.20 bits per heavy atom. The molecule has 0 spiro atoms. The van der Waals surface area contributed by atoms with E-state index in [4.69, 9.17) is 4.74 Å². The molecule has 7 nitrogen and oxygen atoms in total. The highest BCUT2D eigenvalue weighted by Crippen LogP contribution is 2.10. The number of likely N-dealkylation sites (N-methyl/N-ethyl adjacent to an activating group) is 1. The molecule has 1 rings (SSSR count). The van der Waals surface area contributed by atoms with Crippen LogP contribution in [0.2, 0.25) is 0 Å². The fourth-order valence-corrected chi connectivity index (χ4v) is 2.11. The number of hydrogen-bond acceptors (Lipinski definition) is 4. The van der Waals surface area contributed by atoms with E-state index < -0.39 is 30.1 Å². The molecule has 0 unspecified atom stereocenters. The highest BCUT2D eigenvalue weighted by molar-refractivity contribution is 5.89. The van der Waals surface area contributed by atoms with Crippen LogP contribution in [-0.2, 0) is 20.9 Å². The first-order chi connectivity index (χ1) is 11.8. The predicted octanol–water partition coefficient (Wildman–Crippen LogP) is 2.26. The van der Waals surface area contributed by atoms with Crippen LogP contribution in [0.3, 0.4) is 0 Å². The van der Waals surface area contributed by atoms with Crippen molar-refractivity contribution in [1.29, 1.82) is 0 Å². The Kier molecular flexibility index (Phi) is 7.91. The normalized spacial score (nSPS) is 14.1. The molecule has 1 aromatic rings. The third-order valence-electron chi connectivity index (χ3n) is 4.23. The second-order valence-corrected chi connectivity index (χ2v) is 6.04. The lowest BCUT2D eigenvalue weighted by atomic mass is 9.99. The Labute approximate surface area is 148 Å². The van der Waals surface area contributed by atoms with E-state index >= 15 is 0 Å². The van der Waals surface area contributed by atoms with Crippen LogP contribution < -0.4 is 5.32 Å². The van der Waals surface area contributed by atoms with Crippen molar-refractivity contribution >= 4 is 18.0 Å². The van der Waals surface area contributed by atoms with Gasteiger partial charge in [0.2, 0.25) is 5.91 Å². The smallest absolute Gasteiger partial charge is 0.410 e. The number of carboxylic acids is 1. The van der Waals surface area contributed by atoms with Crippen LogP contribution in [0, 0.1) is 5.92 Å². The Morgan fingerprint density at radius 2 is 1.80 bits per heavy atom. The van der Waals surface area contributed by atoms with Gasteiger partial charge in [-0.2, -0.15) is 0 Å². The zero-order chi connectivity index (χ0) is 19.0. The molecule has 7 heteroatoms. The minimum atomic E-state index is -1.09. The number of nitrogens with one attached hydrogen (secondary N) is 1. The van der Waals surface area contributed by atoms with Crippen LogP contribution >= 0.6 is 0 Å². The molecule has 25 heavy (non-hydrogen) atoms. The van der Waals surface area contributed by atoms with Gasteiger partial charge in [-0.25, -0.2) is 9.59 Å². The van der Waals surface area contributed by atoms with Crippen molar-refractivity contribution in [1.82, 2.24) is 10.2 Å². The molecule has 0 saturated carbocycles. The highest BCUT2D eigenvalue weighted by Gasteiger charge is 2.30. The number of hydrogen-bond donors (Lipinski definition) is 2. The maximum atomic E-state index is 12.3. The second-order valence-electron chi connectivity index (χ2n) is 6.04. The first kappa shape index (κ1) is 20.5. The third kappa shape index (κ3) is 6.10. The Hall–Kier alpha value is -2.57. The number of carbonyl (C=O) groups excluding carboxylic acids is 2. The van der Waals surface area contributed by atoms with Crippen LogP contribution in [0.25, 0.3) is 0 Å². The van der Waals surface area contributed by atoms with Gasteiger partial charge in [0, 0.05) is 7.05 Å². The van der Waals surface area contributed by atoms with Gasteiger partial charge >= 0.3 is 12.1 Å². The van der Waals surface area contributed by atoms with Gasteiger partial charge in [0.15, 0.2) is 0 Å². The Bertz CT molecular complexity index is 590. The lowest BCUT2D eigenvalue weighted by Gasteiger charge is -2.26. The highest BCUT2D eigenvalue weighted by atomic mass is 16.6. The number of carbonyl (C=O) groups is 3. The van der Waals surface area contributed by atoms with Crippen LogP contribution in [0.1, 0.15) is 32.8 Å².